The summed E-state index contributed by atoms with van der Waals surface area (Å²) < 4.78 is 15.7. The molecule has 1 atom stereocenters. The first-order valence-corrected chi connectivity index (χ1v) is 9.97. The Labute approximate surface area is 178 Å². The van der Waals surface area contributed by atoms with Crippen LogP contribution in [0.2, 0.25) is 0 Å². The van der Waals surface area contributed by atoms with Crippen LogP contribution in [0.15, 0.2) is 67.3 Å². The number of ether oxygens (including phenoxy) is 3. The third-order valence-electron chi connectivity index (χ3n) is 4.43. The minimum Gasteiger partial charge on any atom is -0.465 e. The molecule has 2 rings (SSSR count). The molecule has 0 aromatic heterocycles. The number of esters is 2. The second-order valence-corrected chi connectivity index (χ2v) is 6.63. The third kappa shape index (κ3) is 6.62. The zero-order valence-electron chi connectivity index (χ0n) is 17.7. The first-order valence-electron chi connectivity index (χ1n) is 9.97. The summed E-state index contributed by atoms with van der Waals surface area (Å²) in [7, 11) is 1.39. The SMILES string of the molecule is C=CC(=O)OC(CC)Oc1ccc(Cc2ccc(C(=CCC)C(=O)OC)cc2)cc1. The van der Waals surface area contributed by atoms with Crippen molar-refractivity contribution in [1.29, 1.82) is 0 Å². The number of hydrogen-bond donors (Lipinski definition) is 0. The van der Waals surface area contributed by atoms with Crippen molar-refractivity contribution in [2.24, 2.45) is 0 Å². The van der Waals surface area contributed by atoms with E-state index in [1.54, 1.807) is 0 Å². The number of hydrogen-bond acceptors (Lipinski definition) is 5. The Balaban J connectivity index is 2.03. The van der Waals surface area contributed by atoms with Crippen molar-refractivity contribution < 1.29 is 23.8 Å². The van der Waals surface area contributed by atoms with Crippen LogP contribution in [-0.4, -0.2) is 25.3 Å². The van der Waals surface area contributed by atoms with Gasteiger partial charge in [-0.1, -0.05) is 62.9 Å². The topological polar surface area (TPSA) is 61.8 Å². The van der Waals surface area contributed by atoms with Crippen LogP contribution in [0.4, 0.5) is 0 Å². The van der Waals surface area contributed by atoms with E-state index in [1.165, 1.54) is 7.11 Å². The van der Waals surface area contributed by atoms with Crippen LogP contribution in [0, 0.1) is 0 Å². The van der Waals surface area contributed by atoms with Gasteiger partial charge in [0.25, 0.3) is 0 Å². The van der Waals surface area contributed by atoms with E-state index in [-0.39, 0.29) is 5.97 Å². The van der Waals surface area contributed by atoms with Gasteiger partial charge in [-0.3, -0.25) is 0 Å². The predicted octanol–water partition coefficient (Wildman–Crippen LogP) is 5.09. The molecule has 0 spiro atoms. The van der Waals surface area contributed by atoms with Crippen molar-refractivity contribution in [3.8, 4) is 5.75 Å². The second kappa shape index (κ2) is 11.6. The highest BCUT2D eigenvalue weighted by molar-refractivity contribution is 6.16. The van der Waals surface area contributed by atoms with Crippen molar-refractivity contribution in [3.05, 3.63) is 84.0 Å². The van der Waals surface area contributed by atoms with Crippen LogP contribution in [0.25, 0.3) is 5.57 Å². The third-order valence-corrected chi connectivity index (χ3v) is 4.43. The Morgan fingerprint density at radius 2 is 1.60 bits per heavy atom. The number of carbonyl (C=O) groups is 2. The first kappa shape index (κ1) is 22.9. The van der Waals surface area contributed by atoms with E-state index in [1.807, 2.05) is 68.5 Å². The number of benzene rings is 2. The fourth-order valence-electron chi connectivity index (χ4n) is 2.88. The average molecular weight is 408 g/mol. The lowest BCUT2D eigenvalue weighted by Crippen LogP contribution is -2.22. The number of rotatable bonds is 10. The van der Waals surface area contributed by atoms with Crippen LogP contribution in [0.5, 0.6) is 5.75 Å². The molecule has 158 valence electrons. The first-order chi connectivity index (χ1) is 14.5. The molecule has 0 radical (unpaired) electrons. The number of allylic oxidation sites excluding steroid dienone is 1. The molecule has 2 aromatic rings. The van der Waals surface area contributed by atoms with Gasteiger partial charge in [-0.05, 0) is 41.7 Å². The van der Waals surface area contributed by atoms with E-state index < -0.39 is 12.3 Å². The Morgan fingerprint density at radius 3 is 2.10 bits per heavy atom. The monoisotopic (exact) mass is 408 g/mol. The fourth-order valence-corrected chi connectivity index (χ4v) is 2.88. The van der Waals surface area contributed by atoms with Crippen molar-refractivity contribution >= 4 is 17.5 Å². The molecule has 30 heavy (non-hydrogen) atoms. The van der Waals surface area contributed by atoms with E-state index >= 15 is 0 Å². The zero-order valence-corrected chi connectivity index (χ0v) is 17.7. The van der Waals surface area contributed by atoms with Crippen LogP contribution >= 0.6 is 0 Å². The average Bonchev–Trinajstić information content (AvgIpc) is 2.78. The Kier molecular flexibility index (Phi) is 8.88. The molecule has 0 bridgehead atoms. The maximum atomic E-state index is 11.9. The second-order valence-electron chi connectivity index (χ2n) is 6.63. The van der Waals surface area contributed by atoms with E-state index in [0.717, 1.165) is 35.6 Å². The van der Waals surface area contributed by atoms with Gasteiger partial charge >= 0.3 is 11.9 Å². The smallest absolute Gasteiger partial charge is 0.338 e. The van der Waals surface area contributed by atoms with E-state index in [0.29, 0.717) is 17.7 Å². The maximum absolute atomic E-state index is 11.9. The van der Waals surface area contributed by atoms with Crippen LogP contribution in [0.3, 0.4) is 0 Å². The number of methoxy groups -OCH3 is 1. The quantitative estimate of drug-likeness (QED) is 0.311. The van der Waals surface area contributed by atoms with E-state index in [9.17, 15) is 9.59 Å². The molecule has 0 N–H and O–H groups in total. The molecule has 2 aromatic carbocycles. The van der Waals surface area contributed by atoms with Gasteiger partial charge in [0.05, 0.1) is 12.7 Å². The van der Waals surface area contributed by atoms with Gasteiger partial charge in [-0.2, -0.15) is 0 Å². The molecule has 1 unspecified atom stereocenters. The minimum absolute atomic E-state index is 0.329. The summed E-state index contributed by atoms with van der Waals surface area (Å²) in [6, 6.07) is 15.5. The van der Waals surface area contributed by atoms with Crippen molar-refractivity contribution in [2.75, 3.05) is 7.11 Å². The van der Waals surface area contributed by atoms with Crippen LogP contribution in [0.1, 0.15) is 43.4 Å². The Morgan fingerprint density at radius 1 is 1.00 bits per heavy atom. The summed E-state index contributed by atoms with van der Waals surface area (Å²) in [6.45, 7) is 7.25. The Bertz CT molecular complexity index is 879. The largest absolute Gasteiger partial charge is 0.465 e. The Hall–Kier alpha value is -3.34. The fraction of sp³-hybridized carbons (Fsp3) is 0.280. The van der Waals surface area contributed by atoms with Crippen molar-refractivity contribution in [3.63, 3.8) is 0 Å². The van der Waals surface area contributed by atoms with Gasteiger partial charge in [0, 0.05) is 12.5 Å². The van der Waals surface area contributed by atoms with Crippen LogP contribution < -0.4 is 4.74 Å². The molecular formula is C25H28O5. The summed E-state index contributed by atoms with van der Waals surface area (Å²) in [5, 5.41) is 0. The van der Waals surface area contributed by atoms with Gasteiger partial charge in [-0.25, -0.2) is 9.59 Å². The van der Waals surface area contributed by atoms with Crippen molar-refractivity contribution in [1.82, 2.24) is 0 Å². The van der Waals surface area contributed by atoms with Gasteiger partial charge < -0.3 is 14.2 Å². The normalized spacial score (nSPS) is 12.0. The molecule has 0 saturated heterocycles. The lowest BCUT2D eigenvalue weighted by atomic mass is 10.00. The molecule has 0 saturated carbocycles. The summed E-state index contributed by atoms with van der Waals surface area (Å²) in [6.07, 6.45) is 4.38. The lowest BCUT2D eigenvalue weighted by Gasteiger charge is -2.17. The molecule has 0 fully saturated rings. The summed E-state index contributed by atoms with van der Waals surface area (Å²) >= 11 is 0. The van der Waals surface area contributed by atoms with Gasteiger partial charge in [-0.15, -0.1) is 0 Å². The molecule has 5 heteroatoms. The van der Waals surface area contributed by atoms with Crippen LogP contribution in [-0.2, 0) is 25.5 Å². The minimum atomic E-state index is -0.644. The van der Waals surface area contributed by atoms with E-state index in [2.05, 4.69) is 6.58 Å². The lowest BCUT2D eigenvalue weighted by molar-refractivity contribution is -0.157. The zero-order chi connectivity index (χ0) is 21.9. The molecule has 0 aliphatic rings. The van der Waals surface area contributed by atoms with Gasteiger partial charge in [0.15, 0.2) is 0 Å². The van der Waals surface area contributed by atoms with Crippen molar-refractivity contribution in [2.45, 2.75) is 39.4 Å². The van der Waals surface area contributed by atoms with E-state index in [4.69, 9.17) is 14.2 Å². The predicted molar refractivity (Wildman–Crippen MR) is 117 cm³/mol. The highest BCUT2D eigenvalue weighted by Gasteiger charge is 2.13. The molecule has 0 aliphatic carbocycles. The summed E-state index contributed by atoms with van der Waals surface area (Å²) in [5.74, 6) is -0.208. The molecular weight excluding hydrogens is 380 g/mol. The highest BCUT2D eigenvalue weighted by Crippen LogP contribution is 2.21. The number of carbonyl (C=O) groups excluding carboxylic acids is 2. The molecule has 0 aliphatic heterocycles. The highest BCUT2D eigenvalue weighted by atomic mass is 16.7. The van der Waals surface area contributed by atoms with Gasteiger partial charge in [0.2, 0.25) is 6.29 Å². The molecule has 5 nitrogen and oxygen atoms in total. The maximum Gasteiger partial charge on any atom is 0.338 e. The summed E-state index contributed by atoms with van der Waals surface area (Å²) in [4.78, 5) is 23.3. The summed E-state index contributed by atoms with van der Waals surface area (Å²) in [5.41, 5.74) is 3.66. The molecule has 0 amide bonds. The molecule has 0 heterocycles. The standard InChI is InChI=1S/C25H28O5/c1-5-8-22(25(27)28-4)20-13-9-18(10-14-20)17-19-11-15-21(16-12-19)29-24(7-3)30-23(26)6-2/h6,8-16,24H,2,5,7,17H2,1,3-4H3. The van der Waals surface area contributed by atoms with Gasteiger partial charge in [0.1, 0.15) is 5.75 Å².